The first-order valence-corrected chi connectivity index (χ1v) is 10.4. The van der Waals surface area contributed by atoms with Crippen LogP contribution in [0.25, 0.3) is 0 Å². The number of nitrogens with one attached hydrogen (secondary N) is 2. The third-order valence-electron chi connectivity index (χ3n) is 5.30. The molecule has 0 bridgehead atoms. The topological polar surface area (TPSA) is 55.0 Å². The number of rotatable bonds is 6. The highest BCUT2D eigenvalue weighted by atomic mass is 32.1. The summed E-state index contributed by atoms with van der Waals surface area (Å²) in [6.45, 7) is 6.47. The standard InChI is InChI=1S/C22H27N3O3S/c1-16(21(18-5-3-2-4-6-18)25-9-11-26-12-10-25)24-22(29)23-14-17-7-8-19-20(13-17)28-15-27-19/h2-8,13,16,21H,9-12,14-15H2,1H3,(H2,23,24,29)/t16-,21-/m0/s1. The van der Waals surface area contributed by atoms with Crippen LogP contribution in [-0.4, -0.2) is 49.2 Å². The largest absolute Gasteiger partial charge is 0.454 e. The molecule has 1 fully saturated rings. The summed E-state index contributed by atoms with van der Waals surface area (Å²) in [7, 11) is 0. The average molecular weight is 414 g/mol. The Labute approximate surface area is 177 Å². The first-order chi connectivity index (χ1) is 14.2. The monoisotopic (exact) mass is 413 g/mol. The summed E-state index contributed by atoms with van der Waals surface area (Å²) in [4.78, 5) is 2.47. The van der Waals surface area contributed by atoms with Crippen LogP contribution in [-0.2, 0) is 11.3 Å². The minimum Gasteiger partial charge on any atom is -0.454 e. The maximum absolute atomic E-state index is 5.58. The molecule has 2 atom stereocenters. The zero-order valence-electron chi connectivity index (χ0n) is 16.6. The molecule has 2 aliphatic heterocycles. The van der Waals surface area contributed by atoms with Gasteiger partial charge in [-0.05, 0) is 42.4 Å². The van der Waals surface area contributed by atoms with E-state index in [2.05, 4.69) is 52.8 Å². The third kappa shape index (κ3) is 4.98. The predicted octanol–water partition coefficient (Wildman–Crippen LogP) is 2.84. The number of benzene rings is 2. The van der Waals surface area contributed by atoms with Crippen molar-refractivity contribution in [3.05, 3.63) is 59.7 Å². The van der Waals surface area contributed by atoms with Gasteiger partial charge in [-0.1, -0.05) is 36.4 Å². The second kappa shape index (κ2) is 9.43. The average Bonchev–Trinajstić information content (AvgIpc) is 3.22. The van der Waals surface area contributed by atoms with Crippen LogP contribution in [0.3, 0.4) is 0 Å². The van der Waals surface area contributed by atoms with Crippen molar-refractivity contribution in [2.45, 2.75) is 25.6 Å². The van der Waals surface area contributed by atoms with E-state index in [0.717, 1.165) is 43.4 Å². The summed E-state index contributed by atoms with van der Waals surface area (Å²) in [5.41, 5.74) is 2.38. The lowest BCUT2D eigenvalue weighted by Crippen LogP contribution is -2.50. The van der Waals surface area contributed by atoms with Gasteiger partial charge in [-0.3, -0.25) is 4.90 Å². The van der Waals surface area contributed by atoms with E-state index in [1.54, 1.807) is 0 Å². The lowest BCUT2D eigenvalue weighted by Gasteiger charge is -2.38. The fourth-order valence-electron chi connectivity index (χ4n) is 3.89. The van der Waals surface area contributed by atoms with Crippen LogP contribution in [0.1, 0.15) is 24.1 Å². The molecular formula is C22H27N3O3S. The van der Waals surface area contributed by atoms with E-state index >= 15 is 0 Å². The summed E-state index contributed by atoms with van der Waals surface area (Å²) in [6, 6.07) is 16.9. The van der Waals surface area contributed by atoms with Gasteiger partial charge in [-0.2, -0.15) is 0 Å². The second-order valence-corrected chi connectivity index (χ2v) is 7.72. The number of hydrogen-bond donors (Lipinski definition) is 2. The molecule has 2 heterocycles. The van der Waals surface area contributed by atoms with E-state index in [1.807, 2.05) is 18.2 Å². The minimum absolute atomic E-state index is 0.146. The van der Waals surface area contributed by atoms with Crippen LogP contribution in [0.15, 0.2) is 48.5 Å². The van der Waals surface area contributed by atoms with Crippen LogP contribution < -0.4 is 20.1 Å². The summed E-state index contributed by atoms with van der Waals surface area (Å²) < 4.78 is 16.4. The lowest BCUT2D eigenvalue weighted by atomic mass is 9.98. The zero-order valence-corrected chi connectivity index (χ0v) is 17.4. The lowest BCUT2D eigenvalue weighted by molar-refractivity contribution is 0.0102. The first-order valence-electron chi connectivity index (χ1n) is 10.0. The van der Waals surface area contributed by atoms with E-state index in [4.69, 9.17) is 26.4 Å². The van der Waals surface area contributed by atoms with Crippen molar-refractivity contribution in [3.63, 3.8) is 0 Å². The van der Waals surface area contributed by atoms with Crippen molar-refractivity contribution < 1.29 is 14.2 Å². The highest BCUT2D eigenvalue weighted by Gasteiger charge is 2.28. The van der Waals surface area contributed by atoms with E-state index < -0.39 is 0 Å². The van der Waals surface area contributed by atoms with Crippen molar-refractivity contribution >= 4 is 17.3 Å². The number of hydrogen-bond acceptors (Lipinski definition) is 5. The minimum atomic E-state index is 0.146. The SMILES string of the molecule is C[C@H](NC(=S)NCc1ccc2c(c1)OCO2)[C@@H](c1ccccc1)N1CCOCC1. The van der Waals surface area contributed by atoms with Gasteiger partial charge in [-0.25, -0.2) is 0 Å². The van der Waals surface area contributed by atoms with Gasteiger partial charge in [-0.15, -0.1) is 0 Å². The van der Waals surface area contributed by atoms with Crippen LogP contribution in [0.2, 0.25) is 0 Å². The molecule has 0 amide bonds. The molecule has 0 saturated carbocycles. The van der Waals surface area contributed by atoms with Crippen molar-refractivity contribution in [1.29, 1.82) is 0 Å². The van der Waals surface area contributed by atoms with Gasteiger partial charge in [0, 0.05) is 25.7 Å². The van der Waals surface area contributed by atoms with Crippen LogP contribution in [0.5, 0.6) is 11.5 Å². The van der Waals surface area contributed by atoms with Crippen molar-refractivity contribution in [2.75, 3.05) is 33.1 Å². The second-order valence-electron chi connectivity index (χ2n) is 7.31. The Morgan fingerprint density at radius 3 is 2.62 bits per heavy atom. The van der Waals surface area contributed by atoms with Crippen molar-refractivity contribution in [1.82, 2.24) is 15.5 Å². The molecule has 6 nitrogen and oxygen atoms in total. The highest BCUT2D eigenvalue weighted by Crippen LogP contribution is 2.32. The Morgan fingerprint density at radius 2 is 1.83 bits per heavy atom. The molecule has 2 aliphatic rings. The molecule has 2 aromatic rings. The Hall–Kier alpha value is -2.35. The Bertz CT molecular complexity index is 827. The van der Waals surface area contributed by atoms with Crippen molar-refractivity contribution in [3.8, 4) is 11.5 Å². The molecule has 0 spiro atoms. The Balaban J connectivity index is 1.37. The maximum atomic E-state index is 5.58. The van der Waals surface area contributed by atoms with E-state index in [1.165, 1.54) is 5.56 Å². The molecule has 7 heteroatoms. The van der Waals surface area contributed by atoms with E-state index in [0.29, 0.717) is 11.7 Å². The molecular weight excluding hydrogens is 386 g/mol. The molecule has 0 aliphatic carbocycles. The summed E-state index contributed by atoms with van der Waals surface area (Å²) >= 11 is 5.58. The molecule has 0 aromatic heterocycles. The van der Waals surface area contributed by atoms with E-state index in [9.17, 15) is 0 Å². The van der Waals surface area contributed by atoms with Gasteiger partial charge in [0.15, 0.2) is 16.6 Å². The molecule has 29 heavy (non-hydrogen) atoms. The molecule has 2 N–H and O–H groups in total. The summed E-state index contributed by atoms with van der Waals surface area (Å²) in [5.74, 6) is 1.58. The zero-order chi connectivity index (χ0) is 20.1. The third-order valence-corrected chi connectivity index (χ3v) is 5.56. The number of fused-ring (bicyclic) bond motifs is 1. The molecule has 0 radical (unpaired) electrons. The number of thiocarbonyl (C=S) groups is 1. The van der Waals surface area contributed by atoms with Crippen LogP contribution >= 0.6 is 12.2 Å². The Kier molecular flexibility index (Phi) is 6.49. The normalized spacial score (nSPS) is 18.1. The Morgan fingerprint density at radius 1 is 1.07 bits per heavy atom. The van der Waals surface area contributed by atoms with Gasteiger partial charge in [0.25, 0.3) is 0 Å². The van der Waals surface area contributed by atoms with Gasteiger partial charge in [0.2, 0.25) is 6.79 Å². The van der Waals surface area contributed by atoms with Crippen molar-refractivity contribution in [2.24, 2.45) is 0 Å². The molecule has 2 aromatic carbocycles. The maximum Gasteiger partial charge on any atom is 0.231 e. The summed E-state index contributed by atoms with van der Waals surface area (Å²) in [6.07, 6.45) is 0. The molecule has 154 valence electrons. The molecule has 1 saturated heterocycles. The smallest absolute Gasteiger partial charge is 0.231 e. The number of ether oxygens (including phenoxy) is 3. The predicted molar refractivity (Wildman–Crippen MR) is 116 cm³/mol. The van der Waals surface area contributed by atoms with Gasteiger partial charge in [0.05, 0.1) is 19.3 Å². The quantitative estimate of drug-likeness (QED) is 0.707. The van der Waals surface area contributed by atoms with Gasteiger partial charge >= 0.3 is 0 Å². The molecule has 4 rings (SSSR count). The number of nitrogens with zero attached hydrogens (tertiary/aromatic N) is 1. The van der Waals surface area contributed by atoms with E-state index in [-0.39, 0.29) is 18.9 Å². The highest BCUT2D eigenvalue weighted by molar-refractivity contribution is 7.80. The molecule has 0 unspecified atom stereocenters. The van der Waals surface area contributed by atoms with Gasteiger partial charge in [0.1, 0.15) is 0 Å². The number of morpholine rings is 1. The van der Waals surface area contributed by atoms with Crippen LogP contribution in [0.4, 0.5) is 0 Å². The summed E-state index contributed by atoms with van der Waals surface area (Å²) in [5, 5.41) is 7.43. The first kappa shape index (κ1) is 19.9. The fraction of sp³-hybridized carbons (Fsp3) is 0.409. The fourth-order valence-corrected chi connectivity index (χ4v) is 4.15. The van der Waals surface area contributed by atoms with Crippen LogP contribution in [0, 0.1) is 0 Å². The van der Waals surface area contributed by atoms with Gasteiger partial charge < -0.3 is 24.8 Å².